The van der Waals surface area contributed by atoms with E-state index in [9.17, 15) is 9.36 Å². The molecule has 0 aliphatic carbocycles. The largest absolute Gasteiger partial charge is 0.426 e. The van der Waals surface area contributed by atoms with Crippen molar-refractivity contribution in [2.45, 2.75) is 6.92 Å². The third kappa shape index (κ3) is 2.93. The molecule has 0 bridgehead atoms. The normalized spacial score (nSPS) is 13.5. The fourth-order valence-corrected chi connectivity index (χ4v) is 4.96. The number of carbonyl (C=O) groups is 1. The minimum absolute atomic E-state index is 0.367. The van der Waals surface area contributed by atoms with Gasteiger partial charge in [0.15, 0.2) is 0 Å². The van der Waals surface area contributed by atoms with Gasteiger partial charge >= 0.3 is 5.97 Å². The van der Waals surface area contributed by atoms with Crippen LogP contribution in [0, 0.1) is 0 Å². The van der Waals surface area contributed by atoms with Gasteiger partial charge in [0.05, 0.1) is 5.30 Å². The number of hydrogen-bond acceptors (Lipinski definition) is 3. The van der Waals surface area contributed by atoms with Crippen molar-refractivity contribution in [3.8, 4) is 5.75 Å². The van der Waals surface area contributed by atoms with Gasteiger partial charge in [0.1, 0.15) is 12.9 Å². The van der Waals surface area contributed by atoms with Crippen LogP contribution in [0.2, 0.25) is 0 Å². The van der Waals surface area contributed by atoms with Crippen molar-refractivity contribution in [3.05, 3.63) is 66.7 Å². The fraction of sp³-hybridized carbons (Fsp3) is 0.105. The average Bonchev–Trinajstić information content (AvgIpc) is 2.54. The van der Waals surface area contributed by atoms with E-state index in [4.69, 9.17) is 4.74 Å². The van der Waals surface area contributed by atoms with Crippen LogP contribution < -0.4 is 15.3 Å². The molecule has 0 amide bonds. The summed E-state index contributed by atoms with van der Waals surface area (Å²) in [5.41, 5.74) is 0. The number of carbonyl (C=O) groups excluding carboxylic acids is 1. The highest BCUT2D eigenvalue weighted by molar-refractivity contribution is 7.78. The number of ether oxygens (including phenoxy) is 1. The van der Waals surface area contributed by atoms with E-state index in [1.54, 1.807) is 12.7 Å². The third-order valence-corrected chi connectivity index (χ3v) is 6.39. The van der Waals surface area contributed by atoms with E-state index in [-0.39, 0.29) is 0 Å². The van der Waals surface area contributed by atoms with Crippen LogP contribution in [0.15, 0.2) is 66.7 Å². The average molecular weight is 324 g/mol. The quantitative estimate of drug-likeness (QED) is 0.419. The Morgan fingerprint density at radius 1 is 0.913 bits per heavy atom. The van der Waals surface area contributed by atoms with Crippen LogP contribution in [0.3, 0.4) is 0 Å². The molecule has 116 valence electrons. The van der Waals surface area contributed by atoms with Gasteiger partial charge in [-0.05, 0) is 23.5 Å². The fourth-order valence-electron chi connectivity index (χ4n) is 2.75. The molecule has 0 radical (unpaired) electrons. The Morgan fingerprint density at radius 2 is 1.57 bits per heavy atom. The molecule has 0 N–H and O–H groups in total. The van der Waals surface area contributed by atoms with Crippen LogP contribution >= 0.6 is 7.14 Å². The van der Waals surface area contributed by atoms with Gasteiger partial charge in [0, 0.05) is 12.2 Å². The molecular weight excluding hydrogens is 307 g/mol. The molecule has 3 rings (SSSR count). The van der Waals surface area contributed by atoms with Gasteiger partial charge in [-0.3, -0.25) is 4.79 Å². The summed E-state index contributed by atoms with van der Waals surface area (Å²) in [4.78, 5) is 11.5. The highest BCUT2D eigenvalue weighted by Gasteiger charge is 2.28. The van der Waals surface area contributed by atoms with Crippen molar-refractivity contribution in [3.63, 3.8) is 0 Å². The van der Waals surface area contributed by atoms with Gasteiger partial charge < -0.3 is 9.30 Å². The summed E-state index contributed by atoms with van der Waals surface area (Å²) in [5, 5.41) is 3.15. The van der Waals surface area contributed by atoms with Crippen molar-refractivity contribution in [1.82, 2.24) is 0 Å². The zero-order valence-corrected chi connectivity index (χ0v) is 13.9. The summed E-state index contributed by atoms with van der Waals surface area (Å²) < 4.78 is 19.0. The Kier molecular flexibility index (Phi) is 4.06. The zero-order valence-electron chi connectivity index (χ0n) is 13.0. The van der Waals surface area contributed by atoms with E-state index in [2.05, 4.69) is 0 Å². The lowest BCUT2D eigenvalue weighted by Crippen LogP contribution is -2.20. The Bertz CT molecular complexity index is 916. The minimum atomic E-state index is -2.91. The second-order valence-corrected chi connectivity index (χ2v) is 8.30. The molecule has 3 nitrogen and oxygen atoms in total. The van der Waals surface area contributed by atoms with Crippen molar-refractivity contribution in [2.75, 3.05) is 6.66 Å². The standard InChI is InChI=1S/C19H17O3P/c1-14(20)22-18-13-12-15-8-6-7-11-17(15)19(18)23(2,21)16-9-4-3-5-10-16/h3-13H,1-2H3. The Morgan fingerprint density at radius 3 is 2.26 bits per heavy atom. The molecule has 3 aromatic rings. The number of hydrogen-bond donors (Lipinski definition) is 0. The predicted octanol–water partition coefficient (Wildman–Crippen LogP) is 3.71. The van der Waals surface area contributed by atoms with Crippen LogP contribution in [0.1, 0.15) is 6.92 Å². The predicted molar refractivity (Wildman–Crippen MR) is 94.5 cm³/mol. The molecule has 1 unspecified atom stereocenters. The minimum Gasteiger partial charge on any atom is -0.426 e. The van der Waals surface area contributed by atoms with Crippen LogP contribution in [0.25, 0.3) is 10.8 Å². The zero-order chi connectivity index (χ0) is 16.4. The lowest BCUT2D eigenvalue weighted by atomic mass is 10.1. The molecule has 0 heterocycles. The summed E-state index contributed by atoms with van der Waals surface area (Å²) in [6, 6.07) is 20.6. The van der Waals surface area contributed by atoms with Crippen LogP contribution in [0.5, 0.6) is 5.75 Å². The highest BCUT2D eigenvalue weighted by atomic mass is 31.2. The summed E-state index contributed by atoms with van der Waals surface area (Å²) in [6.07, 6.45) is 0. The van der Waals surface area contributed by atoms with Crippen molar-refractivity contribution >= 4 is 34.5 Å². The maximum atomic E-state index is 13.6. The second-order valence-electron chi connectivity index (χ2n) is 5.49. The van der Waals surface area contributed by atoms with Crippen LogP contribution in [-0.2, 0) is 9.36 Å². The maximum Gasteiger partial charge on any atom is 0.308 e. The molecule has 4 heteroatoms. The maximum absolute atomic E-state index is 13.6. The van der Waals surface area contributed by atoms with Crippen molar-refractivity contribution in [1.29, 1.82) is 0 Å². The van der Waals surface area contributed by atoms with Gasteiger partial charge in [-0.25, -0.2) is 0 Å². The first-order valence-electron chi connectivity index (χ1n) is 7.34. The van der Waals surface area contributed by atoms with Crippen LogP contribution in [0.4, 0.5) is 0 Å². The number of benzene rings is 3. The first-order valence-corrected chi connectivity index (χ1v) is 9.49. The highest BCUT2D eigenvalue weighted by Crippen LogP contribution is 2.44. The summed E-state index contributed by atoms with van der Waals surface area (Å²) in [7, 11) is -2.91. The first-order chi connectivity index (χ1) is 11.0. The molecule has 0 fully saturated rings. The van der Waals surface area contributed by atoms with Gasteiger partial charge in [0.25, 0.3) is 0 Å². The molecule has 0 aliphatic rings. The molecule has 1 atom stereocenters. The van der Waals surface area contributed by atoms with Crippen molar-refractivity contribution in [2.24, 2.45) is 0 Å². The first kappa shape index (κ1) is 15.5. The van der Waals surface area contributed by atoms with E-state index in [1.807, 2.05) is 60.7 Å². The van der Waals surface area contributed by atoms with E-state index in [0.717, 1.165) is 16.1 Å². The van der Waals surface area contributed by atoms with E-state index in [1.165, 1.54) is 6.92 Å². The van der Waals surface area contributed by atoms with E-state index >= 15 is 0 Å². The van der Waals surface area contributed by atoms with Gasteiger partial charge in [-0.1, -0.05) is 60.7 Å². The molecule has 0 aliphatic heterocycles. The summed E-state index contributed by atoms with van der Waals surface area (Å²) >= 11 is 0. The molecule has 0 aromatic heterocycles. The molecular formula is C19H17O3P. The van der Waals surface area contributed by atoms with Crippen LogP contribution in [-0.4, -0.2) is 12.6 Å². The number of esters is 1. The Balaban J connectivity index is 2.33. The topological polar surface area (TPSA) is 43.4 Å². The third-order valence-electron chi connectivity index (χ3n) is 3.79. The SMILES string of the molecule is CC(=O)Oc1ccc2ccccc2c1P(C)(=O)c1ccccc1. The molecule has 0 saturated heterocycles. The molecule has 23 heavy (non-hydrogen) atoms. The monoisotopic (exact) mass is 324 g/mol. The lowest BCUT2D eigenvalue weighted by molar-refractivity contribution is -0.131. The van der Waals surface area contributed by atoms with Gasteiger partial charge in [0.2, 0.25) is 0 Å². The number of rotatable bonds is 3. The summed E-state index contributed by atoms with van der Waals surface area (Å²) in [6.45, 7) is 3.07. The summed E-state index contributed by atoms with van der Waals surface area (Å²) in [5.74, 6) is -0.0551. The lowest BCUT2D eigenvalue weighted by Gasteiger charge is -2.19. The van der Waals surface area contributed by atoms with E-state index < -0.39 is 13.1 Å². The smallest absolute Gasteiger partial charge is 0.308 e. The molecule has 3 aromatic carbocycles. The number of fused-ring (bicyclic) bond motifs is 1. The second kappa shape index (κ2) is 6.02. The Labute approximate surface area is 135 Å². The Hall–Kier alpha value is -2.38. The van der Waals surface area contributed by atoms with Gasteiger partial charge in [-0.15, -0.1) is 0 Å². The van der Waals surface area contributed by atoms with Gasteiger partial charge in [-0.2, -0.15) is 0 Å². The van der Waals surface area contributed by atoms with Crippen molar-refractivity contribution < 1.29 is 14.1 Å². The molecule has 0 spiro atoms. The molecule has 0 saturated carbocycles. The van der Waals surface area contributed by atoms with E-state index in [0.29, 0.717) is 11.1 Å².